The van der Waals surface area contributed by atoms with Crippen molar-refractivity contribution in [1.82, 2.24) is 10.4 Å². The topological polar surface area (TPSA) is 79.9 Å². The molecule has 7 nitrogen and oxygen atoms in total. The van der Waals surface area contributed by atoms with E-state index in [1.54, 1.807) is 43.5 Å². The lowest BCUT2D eigenvalue weighted by Gasteiger charge is -2.39. The lowest BCUT2D eigenvalue weighted by Crippen LogP contribution is -2.59. The molecule has 0 spiro atoms. The molecule has 2 amide bonds. The van der Waals surface area contributed by atoms with Crippen molar-refractivity contribution in [3.63, 3.8) is 0 Å². The molecular formula is C20H23N3O4. The van der Waals surface area contributed by atoms with Gasteiger partial charge in [-0.3, -0.25) is 15.0 Å². The number of ether oxygens (including phenoxy) is 2. The fraction of sp³-hybridized carbons (Fsp3) is 0.300. The first-order valence-corrected chi connectivity index (χ1v) is 8.75. The Morgan fingerprint density at radius 3 is 2.48 bits per heavy atom. The normalized spacial score (nSPS) is 15.8. The van der Waals surface area contributed by atoms with Gasteiger partial charge < -0.3 is 14.8 Å². The van der Waals surface area contributed by atoms with Crippen LogP contribution in [-0.4, -0.2) is 36.7 Å². The number of nitrogens with one attached hydrogen (secondary N) is 2. The van der Waals surface area contributed by atoms with E-state index in [1.165, 1.54) is 5.01 Å². The molecule has 1 unspecified atom stereocenters. The zero-order valence-corrected chi connectivity index (χ0v) is 15.6. The molecule has 1 aliphatic heterocycles. The minimum Gasteiger partial charge on any atom is -0.497 e. The predicted molar refractivity (Wildman–Crippen MR) is 101 cm³/mol. The third-order valence-corrected chi connectivity index (χ3v) is 4.26. The summed E-state index contributed by atoms with van der Waals surface area (Å²) in [7, 11) is 1.58. The smallest absolute Gasteiger partial charge is 0.276 e. The number of amides is 2. The molecule has 0 bridgehead atoms. The zero-order chi connectivity index (χ0) is 19.4. The molecule has 2 aromatic rings. The van der Waals surface area contributed by atoms with E-state index in [0.717, 1.165) is 5.69 Å². The van der Waals surface area contributed by atoms with Crippen LogP contribution in [-0.2, 0) is 4.79 Å². The molecule has 0 saturated carbocycles. The number of hydrazine groups is 1. The summed E-state index contributed by atoms with van der Waals surface area (Å²) in [6.07, 6.45) is -0.350. The van der Waals surface area contributed by atoms with Gasteiger partial charge in [-0.2, -0.15) is 0 Å². The molecule has 1 aliphatic rings. The van der Waals surface area contributed by atoms with E-state index < -0.39 is 5.91 Å². The number of carbonyl (C=O) groups is 2. The van der Waals surface area contributed by atoms with E-state index in [0.29, 0.717) is 17.1 Å². The number of rotatable bonds is 6. The van der Waals surface area contributed by atoms with Crippen molar-refractivity contribution in [3.05, 3.63) is 54.1 Å². The maximum absolute atomic E-state index is 12.8. The average Bonchev–Trinajstić information content (AvgIpc) is 2.68. The summed E-state index contributed by atoms with van der Waals surface area (Å²) in [6, 6.07) is 14.2. The number of hydrogen-bond donors (Lipinski definition) is 2. The lowest BCUT2D eigenvalue weighted by atomic mass is 10.0. The highest BCUT2D eigenvalue weighted by Gasteiger charge is 2.34. The minimum absolute atomic E-state index is 0.0881. The summed E-state index contributed by atoms with van der Waals surface area (Å²) in [6.45, 7) is 3.75. The van der Waals surface area contributed by atoms with E-state index in [-0.39, 0.29) is 24.6 Å². The molecule has 2 aromatic carbocycles. The minimum atomic E-state index is -0.411. The Bertz CT molecular complexity index is 820. The van der Waals surface area contributed by atoms with Crippen LogP contribution in [0.2, 0.25) is 0 Å². The van der Waals surface area contributed by atoms with Crippen LogP contribution in [0.15, 0.2) is 48.5 Å². The Labute approximate surface area is 158 Å². The average molecular weight is 369 g/mol. The molecule has 3 rings (SSSR count). The zero-order valence-electron chi connectivity index (χ0n) is 15.6. The Balaban J connectivity index is 1.66. The van der Waals surface area contributed by atoms with Crippen LogP contribution in [0.3, 0.4) is 0 Å². The van der Waals surface area contributed by atoms with Gasteiger partial charge in [0, 0.05) is 5.69 Å². The highest BCUT2D eigenvalue weighted by Crippen LogP contribution is 2.26. The second-order valence-corrected chi connectivity index (χ2v) is 6.55. The third kappa shape index (κ3) is 4.13. The predicted octanol–water partition coefficient (Wildman–Crippen LogP) is 2.66. The first-order valence-electron chi connectivity index (χ1n) is 8.75. The Kier molecular flexibility index (Phi) is 5.49. The van der Waals surface area contributed by atoms with Crippen LogP contribution in [0.25, 0.3) is 0 Å². The van der Waals surface area contributed by atoms with E-state index in [1.807, 2.05) is 26.0 Å². The first kappa shape index (κ1) is 18.6. The quantitative estimate of drug-likeness (QED) is 0.818. The van der Waals surface area contributed by atoms with Crippen molar-refractivity contribution in [3.8, 4) is 11.5 Å². The summed E-state index contributed by atoms with van der Waals surface area (Å²) in [5, 5.41) is 4.64. The van der Waals surface area contributed by atoms with Gasteiger partial charge >= 0.3 is 0 Å². The number of anilines is 1. The van der Waals surface area contributed by atoms with Crippen molar-refractivity contribution in [2.45, 2.75) is 20.0 Å². The van der Waals surface area contributed by atoms with E-state index in [2.05, 4.69) is 10.7 Å². The summed E-state index contributed by atoms with van der Waals surface area (Å²) in [5.74, 6) is 0.673. The van der Waals surface area contributed by atoms with Crippen molar-refractivity contribution in [2.75, 3.05) is 19.0 Å². The number of carbonyl (C=O) groups excluding carboxylic acids is 2. The van der Waals surface area contributed by atoms with Crippen molar-refractivity contribution < 1.29 is 19.1 Å². The highest BCUT2D eigenvalue weighted by atomic mass is 16.5. The molecular weight excluding hydrogens is 346 g/mol. The first-order chi connectivity index (χ1) is 13.0. The Morgan fingerprint density at radius 1 is 1.15 bits per heavy atom. The van der Waals surface area contributed by atoms with Crippen molar-refractivity contribution in [2.24, 2.45) is 5.92 Å². The number of nitrogens with zero attached hydrogens (tertiary/aromatic N) is 1. The second-order valence-electron chi connectivity index (χ2n) is 6.55. The number of fused-ring (bicyclic) bond motifs is 1. The van der Waals surface area contributed by atoms with Gasteiger partial charge in [-0.15, -0.1) is 0 Å². The van der Waals surface area contributed by atoms with E-state index >= 15 is 0 Å². The Morgan fingerprint density at radius 2 is 1.81 bits per heavy atom. The molecule has 1 heterocycles. The molecule has 2 N–H and O–H groups in total. The molecule has 0 aliphatic carbocycles. The summed E-state index contributed by atoms with van der Waals surface area (Å²) < 4.78 is 10.6. The van der Waals surface area contributed by atoms with Gasteiger partial charge in [-0.1, -0.05) is 26.0 Å². The van der Waals surface area contributed by atoms with Gasteiger partial charge in [-0.05, 0) is 42.3 Å². The molecule has 7 heteroatoms. The summed E-state index contributed by atoms with van der Waals surface area (Å²) in [5.41, 5.74) is 3.95. The van der Waals surface area contributed by atoms with Crippen LogP contribution in [0.1, 0.15) is 24.2 Å². The van der Waals surface area contributed by atoms with Gasteiger partial charge in [0.25, 0.3) is 11.8 Å². The Hall–Kier alpha value is -3.22. The van der Waals surface area contributed by atoms with Gasteiger partial charge in [0.1, 0.15) is 17.7 Å². The SMILES string of the molecule is COc1ccc(OCC(=O)NN2C(=O)c3ccccc3NC2C(C)C)cc1. The van der Waals surface area contributed by atoms with Crippen LogP contribution >= 0.6 is 0 Å². The molecule has 27 heavy (non-hydrogen) atoms. The van der Waals surface area contributed by atoms with Crippen LogP contribution in [0.4, 0.5) is 5.69 Å². The molecule has 1 atom stereocenters. The molecule has 0 radical (unpaired) electrons. The maximum Gasteiger partial charge on any atom is 0.276 e. The van der Waals surface area contributed by atoms with Crippen LogP contribution in [0, 0.1) is 5.92 Å². The van der Waals surface area contributed by atoms with Crippen molar-refractivity contribution >= 4 is 17.5 Å². The maximum atomic E-state index is 12.8. The molecule has 142 valence electrons. The summed E-state index contributed by atoms with van der Waals surface area (Å²) in [4.78, 5) is 25.2. The van der Waals surface area contributed by atoms with E-state index in [4.69, 9.17) is 9.47 Å². The van der Waals surface area contributed by atoms with Crippen LogP contribution < -0.4 is 20.2 Å². The van der Waals surface area contributed by atoms with Gasteiger partial charge in [-0.25, -0.2) is 5.01 Å². The number of para-hydroxylation sites is 1. The van der Waals surface area contributed by atoms with Crippen molar-refractivity contribution in [1.29, 1.82) is 0 Å². The monoisotopic (exact) mass is 369 g/mol. The molecule has 0 aromatic heterocycles. The third-order valence-electron chi connectivity index (χ3n) is 4.26. The van der Waals surface area contributed by atoms with Gasteiger partial charge in [0.2, 0.25) is 0 Å². The number of benzene rings is 2. The number of methoxy groups -OCH3 is 1. The lowest BCUT2D eigenvalue weighted by molar-refractivity contribution is -0.128. The standard InChI is InChI=1S/C20H23N3O4/c1-13(2)19-21-17-7-5-4-6-16(17)20(25)23(19)22-18(24)12-27-15-10-8-14(26-3)9-11-15/h4-11,13,19,21H,12H2,1-3H3,(H,22,24). The van der Waals surface area contributed by atoms with E-state index in [9.17, 15) is 9.59 Å². The van der Waals surface area contributed by atoms with Gasteiger partial charge in [0.05, 0.1) is 12.7 Å². The highest BCUT2D eigenvalue weighted by molar-refractivity contribution is 6.02. The summed E-state index contributed by atoms with van der Waals surface area (Å²) >= 11 is 0. The molecule has 0 saturated heterocycles. The fourth-order valence-electron chi connectivity index (χ4n) is 2.85. The largest absolute Gasteiger partial charge is 0.497 e. The molecule has 0 fully saturated rings. The number of hydrogen-bond acceptors (Lipinski definition) is 5. The van der Waals surface area contributed by atoms with Gasteiger partial charge in [0.15, 0.2) is 6.61 Å². The second kappa shape index (κ2) is 7.99. The fourth-order valence-corrected chi connectivity index (χ4v) is 2.85. The van der Waals surface area contributed by atoms with Crippen LogP contribution in [0.5, 0.6) is 11.5 Å².